The number of carbonyl (C=O) groups excluding carboxylic acids is 1. The van der Waals surface area contributed by atoms with Gasteiger partial charge in [0, 0.05) is 41.7 Å². The third kappa shape index (κ3) is 5.58. The molecule has 0 atom stereocenters. The maximum Gasteiger partial charge on any atom is 0.257 e. The van der Waals surface area contributed by atoms with Gasteiger partial charge in [0.1, 0.15) is 17.1 Å². The quantitative estimate of drug-likeness (QED) is 0.198. The number of Topliss-reactive ketones (excluding diaryl/α,β-unsaturated/α-hetero) is 1. The molecule has 5 aromatic rings. The highest BCUT2D eigenvalue weighted by Gasteiger charge is 2.21. The summed E-state index contributed by atoms with van der Waals surface area (Å²) in [5.74, 6) is 1.14. The van der Waals surface area contributed by atoms with Crippen LogP contribution in [0, 0.1) is 26.6 Å². The van der Waals surface area contributed by atoms with Crippen molar-refractivity contribution in [3.05, 3.63) is 105 Å². The number of methoxy groups -OCH3 is 1. The highest BCUT2D eigenvalue weighted by atomic mass is 19.1. The summed E-state index contributed by atoms with van der Waals surface area (Å²) in [6.07, 6.45) is 1.64. The molecule has 3 aromatic heterocycles. The molecule has 0 fully saturated rings. The maximum atomic E-state index is 13.7. The SMILES string of the molecule is CCOc1nc2c(Oc3ccc(CC(=O)c4c(C)[nH]c(C)c(-c5ccc(F)cc5C)c4=O)cc3)ccnc2cc1OC. The molecule has 0 bridgehead atoms. The summed E-state index contributed by atoms with van der Waals surface area (Å²) in [5.41, 5.74) is 4.23. The first kappa shape index (κ1) is 28.5. The van der Waals surface area contributed by atoms with Gasteiger partial charge in [-0.25, -0.2) is 9.37 Å². The fraction of sp³-hybridized carbons (Fsp3) is 0.212. The molecular formula is C33H30FN3O5. The summed E-state index contributed by atoms with van der Waals surface area (Å²) in [6.45, 7) is 7.50. The molecule has 9 heteroatoms. The normalized spacial score (nSPS) is 11.0. The van der Waals surface area contributed by atoms with Gasteiger partial charge in [-0.2, -0.15) is 0 Å². The number of pyridine rings is 3. The lowest BCUT2D eigenvalue weighted by molar-refractivity contribution is 0.0991. The van der Waals surface area contributed by atoms with Gasteiger partial charge < -0.3 is 19.2 Å². The van der Waals surface area contributed by atoms with E-state index in [0.29, 0.717) is 74.4 Å². The number of nitrogens with zero attached hydrogens (tertiary/aromatic N) is 2. The van der Waals surface area contributed by atoms with Crippen LogP contribution in [0.5, 0.6) is 23.1 Å². The van der Waals surface area contributed by atoms with Gasteiger partial charge in [0.25, 0.3) is 5.88 Å². The van der Waals surface area contributed by atoms with E-state index >= 15 is 0 Å². The minimum atomic E-state index is -0.384. The summed E-state index contributed by atoms with van der Waals surface area (Å²) in [7, 11) is 1.54. The van der Waals surface area contributed by atoms with E-state index in [1.807, 2.05) is 6.92 Å². The van der Waals surface area contributed by atoms with Crippen molar-refractivity contribution < 1.29 is 23.4 Å². The predicted molar refractivity (Wildman–Crippen MR) is 158 cm³/mol. The fourth-order valence-electron chi connectivity index (χ4n) is 5.00. The Morgan fingerprint density at radius 2 is 1.74 bits per heavy atom. The van der Waals surface area contributed by atoms with Crippen molar-refractivity contribution in [3.8, 4) is 34.3 Å². The van der Waals surface area contributed by atoms with E-state index in [-0.39, 0.29) is 29.0 Å². The average molecular weight is 568 g/mol. The lowest BCUT2D eigenvalue weighted by atomic mass is 9.93. The number of aryl methyl sites for hydroxylation is 3. The van der Waals surface area contributed by atoms with Gasteiger partial charge >= 0.3 is 0 Å². The summed E-state index contributed by atoms with van der Waals surface area (Å²) in [6, 6.07) is 14.8. The number of ketones is 1. The fourth-order valence-corrected chi connectivity index (χ4v) is 5.00. The van der Waals surface area contributed by atoms with Crippen LogP contribution < -0.4 is 19.6 Å². The second-order valence-electron chi connectivity index (χ2n) is 9.86. The van der Waals surface area contributed by atoms with Crippen molar-refractivity contribution in [3.63, 3.8) is 0 Å². The highest BCUT2D eigenvalue weighted by Crippen LogP contribution is 2.34. The van der Waals surface area contributed by atoms with Crippen molar-refractivity contribution in [1.29, 1.82) is 0 Å². The van der Waals surface area contributed by atoms with Crippen LogP contribution in [-0.2, 0) is 6.42 Å². The molecule has 0 saturated heterocycles. The van der Waals surface area contributed by atoms with E-state index in [4.69, 9.17) is 14.2 Å². The van der Waals surface area contributed by atoms with Crippen LogP contribution in [0.3, 0.4) is 0 Å². The van der Waals surface area contributed by atoms with Crippen molar-refractivity contribution in [2.45, 2.75) is 34.1 Å². The number of carbonyl (C=O) groups is 1. The largest absolute Gasteiger partial charge is 0.491 e. The Labute approximate surface area is 242 Å². The van der Waals surface area contributed by atoms with E-state index in [0.717, 1.165) is 0 Å². The first-order valence-corrected chi connectivity index (χ1v) is 13.5. The van der Waals surface area contributed by atoms with Gasteiger partial charge in [-0.1, -0.05) is 18.2 Å². The molecule has 0 radical (unpaired) electrons. The number of halogens is 1. The molecule has 0 saturated carbocycles. The number of benzene rings is 2. The van der Waals surface area contributed by atoms with Crippen molar-refractivity contribution in [2.75, 3.05) is 13.7 Å². The molecule has 0 unspecified atom stereocenters. The smallest absolute Gasteiger partial charge is 0.257 e. The zero-order valence-corrected chi connectivity index (χ0v) is 24.0. The summed E-state index contributed by atoms with van der Waals surface area (Å²) < 4.78 is 30.8. The van der Waals surface area contributed by atoms with Gasteiger partial charge in [-0.05, 0) is 68.7 Å². The second-order valence-corrected chi connectivity index (χ2v) is 9.86. The standard InChI is InChI=1S/C33H30FN3O5/c1-6-41-33-28(40-5)17-25-31(37-33)27(13-14-35-25)42-23-10-7-21(8-11-23)16-26(38)30-20(4)36-19(3)29(32(30)39)24-12-9-22(34)15-18(24)2/h7-15,17H,6,16H2,1-5H3,(H,36,39). The molecule has 5 rings (SSSR count). The number of fused-ring (bicyclic) bond motifs is 1. The molecule has 0 amide bonds. The monoisotopic (exact) mass is 567 g/mol. The Bertz CT molecular complexity index is 1870. The Kier molecular flexibility index (Phi) is 8.01. The first-order valence-electron chi connectivity index (χ1n) is 13.5. The molecule has 0 aliphatic rings. The zero-order valence-electron chi connectivity index (χ0n) is 24.0. The van der Waals surface area contributed by atoms with E-state index in [9.17, 15) is 14.0 Å². The number of aromatic nitrogens is 3. The van der Waals surface area contributed by atoms with Crippen LogP contribution in [0.2, 0.25) is 0 Å². The molecule has 0 aliphatic heterocycles. The van der Waals surface area contributed by atoms with E-state index in [1.165, 1.54) is 12.1 Å². The highest BCUT2D eigenvalue weighted by molar-refractivity contribution is 5.99. The van der Waals surface area contributed by atoms with Crippen molar-refractivity contribution in [1.82, 2.24) is 15.0 Å². The Balaban J connectivity index is 1.39. The van der Waals surface area contributed by atoms with Gasteiger partial charge in [-0.3, -0.25) is 14.6 Å². The van der Waals surface area contributed by atoms with Gasteiger partial charge in [0.05, 0.1) is 24.8 Å². The number of rotatable bonds is 9. The molecular weight excluding hydrogens is 537 g/mol. The van der Waals surface area contributed by atoms with Gasteiger partial charge in [0.15, 0.2) is 17.3 Å². The number of hydrogen-bond donors (Lipinski definition) is 1. The lowest BCUT2D eigenvalue weighted by Crippen LogP contribution is -2.23. The summed E-state index contributed by atoms with van der Waals surface area (Å²) >= 11 is 0. The maximum absolute atomic E-state index is 13.7. The molecule has 2 aromatic carbocycles. The van der Waals surface area contributed by atoms with Crippen LogP contribution >= 0.6 is 0 Å². The molecule has 42 heavy (non-hydrogen) atoms. The van der Waals surface area contributed by atoms with Gasteiger partial charge in [-0.15, -0.1) is 0 Å². The van der Waals surface area contributed by atoms with Gasteiger partial charge in [0.2, 0.25) is 5.43 Å². The van der Waals surface area contributed by atoms with E-state index in [2.05, 4.69) is 15.0 Å². The number of aromatic amines is 1. The molecule has 1 N–H and O–H groups in total. The Hall–Kier alpha value is -5.05. The van der Waals surface area contributed by atoms with E-state index in [1.54, 1.807) is 76.5 Å². The number of nitrogens with one attached hydrogen (secondary N) is 1. The number of H-pyrrole nitrogens is 1. The van der Waals surface area contributed by atoms with Crippen LogP contribution in [0.1, 0.15) is 39.8 Å². The Morgan fingerprint density at radius 1 is 0.976 bits per heavy atom. The third-order valence-electron chi connectivity index (χ3n) is 6.94. The molecule has 0 spiro atoms. The topological polar surface area (TPSA) is 103 Å². The average Bonchev–Trinajstić information content (AvgIpc) is 2.95. The molecule has 3 heterocycles. The minimum Gasteiger partial charge on any atom is -0.491 e. The lowest BCUT2D eigenvalue weighted by Gasteiger charge is -2.14. The number of hydrogen-bond acceptors (Lipinski definition) is 7. The van der Waals surface area contributed by atoms with Crippen molar-refractivity contribution in [2.24, 2.45) is 0 Å². The second kappa shape index (κ2) is 11.8. The molecule has 214 valence electrons. The third-order valence-corrected chi connectivity index (χ3v) is 6.94. The number of ether oxygens (including phenoxy) is 3. The molecule has 8 nitrogen and oxygen atoms in total. The Morgan fingerprint density at radius 3 is 2.43 bits per heavy atom. The zero-order chi connectivity index (χ0) is 30.0. The predicted octanol–water partition coefficient (Wildman–Crippen LogP) is 6.67. The summed E-state index contributed by atoms with van der Waals surface area (Å²) in [5, 5.41) is 0. The first-order chi connectivity index (χ1) is 20.2. The van der Waals surface area contributed by atoms with Crippen LogP contribution in [0.25, 0.3) is 22.2 Å². The molecule has 0 aliphatic carbocycles. The van der Waals surface area contributed by atoms with Crippen LogP contribution in [-0.4, -0.2) is 34.5 Å². The van der Waals surface area contributed by atoms with E-state index < -0.39 is 0 Å². The summed E-state index contributed by atoms with van der Waals surface area (Å²) in [4.78, 5) is 39.0. The van der Waals surface area contributed by atoms with Crippen LogP contribution in [0.4, 0.5) is 4.39 Å². The van der Waals surface area contributed by atoms with Crippen molar-refractivity contribution >= 4 is 16.8 Å². The minimum absolute atomic E-state index is 0.0202. The van der Waals surface area contributed by atoms with Crippen LogP contribution in [0.15, 0.2) is 65.6 Å².